The number of benzene rings is 2. The van der Waals surface area contributed by atoms with Crippen LogP contribution < -0.4 is 0 Å². The van der Waals surface area contributed by atoms with Crippen LogP contribution in [0.2, 0.25) is 0 Å². The van der Waals surface area contributed by atoms with Crippen LogP contribution in [0.4, 0.5) is 0 Å². The molecule has 1 aromatic heterocycles. The average Bonchev–Trinajstić information content (AvgIpc) is 3.00. The Hall–Kier alpha value is -2.60. The molecule has 0 bridgehead atoms. The second-order valence-electron chi connectivity index (χ2n) is 6.32. The molecule has 0 saturated heterocycles. The number of aryl methyl sites for hydroxylation is 1. The van der Waals surface area contributed by atoms with Crippen molar-refractivity contribution in [1.82, 2.24) is 19.7 Å². The summed E-state index contributed by atoms with van der Waals surface area (Å²) >= 11 is 1.42. The fourth-order valence-electron chi connectivity index (χ4n) is 2.70. The van der Waals surface area contributed by atoms with Crippen LogP contribution in [-0.4, -0.2) is 39.7 Å². The Labute approximate surface area is 158 Å². The summed E-state index contributed by atoms with van der Waals surface area (Å²) in [6.07, 6.45) is 0. The zero-order valence-electron chi connectivity index (χ0n) is 15.4. The molecule has 3 aromatic rings. The van der Waals surface area contributed by atoms with Gasteiger partial charge in [0.2, 0.25) is 5.91 Å². The minimum absolute atomic E-state index is 0.0293. The van der Waals surface area contributed by atoms with Crippen LogP contribution in [0.1, 0.15) is 16.4 Å². The van der Waals surface area contributed by atoms with E-state index in [-0.39, 0.29) is 11.2 Å². The molecule has 3 rings (SSSR count). The number of nitrogens with zero attached hydrogens (tertiary/aromatic N) is 4. The number of hydrogen-bond donors (Lipinski definition) is 0. The normalized spacial score (nSPS) is 12.0. The Bertz CT molecular complexity index is 905. The molecule has 6 heteroatoms. The number of aromatic nitrogens is 3. The van der Waals surface area contributed by atoms with E-state index >= 15 is 0 Å². The predicted molar refractivity (Wildman–Crippen MR) is 105 cm³/mol. The summed E-state index contributed by atoms with van der Waals surface area (Å²) in [6, 6.07) is 17.9. The highest BCUT2D eigenvalue weighted by Crippen LogP contribution is 2.36. The molecule has 2 aromatic carbocycles. The molecule has 0 spiro atoms. The molecular formula is C20H22N4OS. The van der Waals surface area contributed by atoms with Crippen molar-refractivity contribution in [3.63, 3.8) is 0 Å². The van der Waals surface area contributed by atoms with E-state index in [2.05, 4.69) is 23.2 Å². The molecule has 0 aliphatic heterocycles. The van der Waals surface area contributed by atoms with Gasteiger partial charge in [0.05, 0.1) is 0 Å². The minimum atomic E-state index is -0.362. The van der Waals surface area contributed by atoms with Crippen LogP contribution in [0, 0.1) is 6.92 Å². The van der Waals surface area contributed by atoms with Crippen LogP contribution in [-0.2, 0) is 11.8 Å². The van der Waals surface area contributed by atoms with Crippen molar-refractivity contribution in [3.05, 3.63) is 65.7 Å². The number of thioether (sulfide) groups is 1. The van der Waals surface area contributed by atoms with Gasteiger partial charge >= 0.3 is 0 Å². The zero-order chi connectivity index (χ0) is 18.7. The summed E-state index contributed by atoms with van der Waals surface area (Å²) in [7, 11) is 5.48. The number of likely N-dealkylation sites (N-methyl/N-ethyl adjacent to an activating group) is 1. The van der Waals surface area contributed by atoms with Gasteiger partial charge < -0.3 is 9.47 Å². The van der Waals surface area contributed by atoms with Gasteiger partial charge in [-0.25, -0.2) is 0 Å². The third-order valence-corrected chi connectivity index (χ3v) is 5.49. The lowest BCUT2D eigenvalue weighted by Crippen LogP contribution is -2.26. The van der Waals surface area contributed by atoms with E-state index in [1.54, 1.807) is 19.0 Å². The van der Waals surface area contributed by atoms with Gasteiger partial charge in [0.15, 0.2) is 11.0 Å². The Morgan fingerprint density at radius 3 is 2.35 bits per heavy atom. The van der Waals surface area contributed by atoms with Crippen LogP contribution in [0.3, 0.4) is 0 Å². The van der Waals surface area contributed by atoms with Gasteiger partial charge in [-0.15, -0.1) is 10.2 Å². The molecule has 0 saturated carbocycles. The summed E-state index contributed by atoms with van der Waals surface area (Å²) in [4.78, 5) is 14.4. The van der Waals surface area contributed by atoms with Crippen LogP contribution in [0.15, 0.2) is 59.8 Å². The summed E-state index contributed by atoms with van der Waals surface area (Å²) in [5.41, 5.74) is 3.14. The maximum Gasteiger partial charge on any atom is 0.240 e. The zero-order valence-corrected chi connectivity index (χ0v) is 16.2. The highest BCUT2D eigenvalue weighted by Gasteiger charge is 2.26. The van der Waals surface area contributed by atoms with Crippen molar-refractivity contribution >= 4 is 17.7 Å². The molecule has 0 unspecified atom stereocenters. The van der Waals surface area contributed by atoms with Crippen molar-refractivity contribution in [2.75, 3.05) is 14.1 Å². The third-order valence-electron chi connectivity index (χ3n) is 4.21. The first-order valence-electron chi connectivity index (χ1n) is 8.37. The van der Waals surface area contributed by atoms with Gasteiger partial charge in [-0.3, -0.25) is 4.79 Å². The summed E-state index contributed by atoms with van der Waals surface area (Å²) < 4.78 is 1.95. The van der Waals surface area contributed by atoms with Crippen molar-refractivity contribution in [2.24, 2.45) is 7.05 Å². The molecule has 26 heavy (non-hydrogen) atoms. The van der Waals surface area contributed by atoms with E-state index in [9.17, 15) is 4.79 Å². The van der Waals surface area contributed by atoms with E-state index in [1.165, 1.54) is 11.8 Å². The molecule has 0 radical (unpaired) electrons. The fraction of sp³-hybridized carbons (Fsp3) is 0.250. The topological polar surface area (TPSA) is 51.0 Å². The maximum absolute atomic E-state index is 12.7. The molecule has 0 N–H and O–H groups in total. The minimum Gasteiger partial charge on any atom is -0.348 e. The van der Waals surface area contributed by atoms with Gasteiger partial charge in [-0.1, -0.05) is 66.4 Å². The van der Waals surface area contributed by atoms with Crippen LogP contribution in [0.25, 0.3) is 11.4 Å². The smallest absolute Gasteiger partial charge is 0.240 e. The molecule has 0 aliphatic carbocycles. The SMILES string of the molecule is Cc1ccccc1-c1nnc(S[C@@H](C(=O)N(C)C)c2ccccc2)n1C. The van der Waals surface area contributed by atoms with Gasteiger partial charge in [0.25, 0.3) is 0 Å². The van der Waals surface area contributed by atoms with E-state index in [1.807, 2.05) is 60.1 Å². The molecule has 1 heterocycles. The summed E-state index contributed by atoms with van der Waals surface area (Å²) in [6.45, 7) is 2.05. The highest BCUT2D eigenvalue weighted by molar-refractivity contribution is 8.00. The van der Waals surface area contributed by atoms with E-state index in [4.69, 9.17) is 0 Å². The molecule has 1 amide bonds. The molecular weight excluding hydrogens is 344 g/mol. The molecule has 0 aliphatic rings. The Morgan fingerprint density at radius 2 is 1.69 bits per heavy atom. The Kier molecular flexibility index (Phi) is 5.42. The van der Waals surface area contributed by atoms with Gasteiger partial charge in [0.1, 0.15) is 5.25 Å². The molecule has 5 nitrogen and oxygen atoms in total. The lowest BCUT2D eigenvalue weighted by Gasteiger charge is -2.20. The lowest BCUT2D eigenvalue weighted by molar-refractivity contribution is -0.128. The Balaban J connectivity index is 1.96. The van der Waals surface area contributed by atoms with Crippen molar-refractivity contribution in [3.8, 4) is 11.4 Å². The van der Waals surface area contributed by atoms with E-state index in [0.717, 1.165) is 22.5 Å². The molecule has 134 valence electrons. The predicted octanol–water partition coefficient (Wildman–Crippen LogP) is 3.71. The second kappa shape index (κ2) is 7.74. The Morgan fingerprint density at radius 1 is 1.04 bits per heavy atom. The van der Waals surface area contributed by atoms with E-state index in [0.29, 0.717) is 5.16 Å². The van der Waals surface area contributed by atoms with Gasteiger partial charge in [-0.2, -0.15) is 0 Å². The lowest BCUT2D eigenvalue weighted by atomic mass is 10.1. The number of rotatable bonds is 5. The number of carbonyl (C=O) groups excluding carboxylic acids is 1. The average molecular weight is 366 g/mol. The highest BCUT2D eigenvalue weighted by atomic mass is 32.2. The molecule has 1 atom stereocenters. The first kappa shape index (κ1) is 18.2. The summed E-state index contributed by atoms with van der Waals surface area (Å²) in [5.74, 6) is 0.830. The second-order valence-corrected chi connectivity index (χ2v) is 7.39. The van der Waals surface area contributed by atoms with Crippen molar-refractivity contribution in [1.29, 1.82) is 0 Å². The van der Waals surface area contributed by atoms with Crippen LogP contribution in [0.5, 0.6) is 0 Å². The van der Waals surface area contributed by atoms with Gasteiger partial charge in [0, 0.05) is 26.7 Å². The number of carbonyl (C=O) groups is 1. The standard InChI is InChI=1S/C20H22N4OS/c1-14-10-8-9-13-16(14)18-21-22-20(24(18)4)26-17(19(25)23(2)3)15-11-6-5-7-12-15/h5-13,17H,1-4H3/t17-/m1/s1. The van der Waals surface area contributed by atoms with Crippen molar-refractivity contribution < 1.29 is 4.79 Å². The number of hydrogen-bond acceptors (Lipinski definition) is 4. The maximum atomic E-state index is 12.7. The number of amides is 1. The first-order chi connectivity index (χ1) is 12.5. The van der Waals surface area contributed by atoms with Crippen LogP contribution >= 0.6 is 11.8 Å². The molecule has 0 fully saturated rings. The monoisotopic (exact) mass is 366 g/mol. The van der Waals surface area contributed by atoms with Gasteiger partial charge in [-0.05, 0) is 18.1 Å². The van der Waals surface area contributed by atoms with Crippen molar-refractivity contribution in [2.45, 2.75) is 17.3 Å². The first-order valence-corrected chi connectivity index (χ1v) is 9.25. The quantitative estimate of drug-likeness (QED) is 0.646. The fourth-order valence-corrected chi connectivity index (χ4v) is 3.85. The third kappa shape index (κ3) is 3.65. The summed E-state index contributed by atoms with van der Waals surface area (Å²) in [5, 5.41) is 9.06. The van der Waals surface area contributed by atoms with E-state index < -0.39 is 0 Å². The largest absolute Gasteiger partial charge is 0.348 e.